The highest BCUT2D eigenvalue weighted by atomic mass is 16.5. The lowest BCUT2D eigenvalue weighted by Gasteiger charge is -2.38. The van der Waals surface area contributed by atoms with E-state index in [4.69, 9.17) is 9.15 Å². The van der Waals surface area contributed by atoms with Crippen LogP contribution in [0.2, 0.25) is 0 Å². The number of amides is 2. The molecule has 2 aliphatic rings. The van der Waals surface area contributed by atoms with E-state index in [1.54, 1.807) is 12.4 Å². The second-order valence-electron chi connectivity index (χ2n) is 10.2. The second kappa shape index (κ2) is 10.7. The van der Waals surface area contributed by atoms with Gasteiger partial charge < -0.3 is 19.4 Å². The fraction of sp³-hybridized carbons (Fsp3) is 0.290. The van der Waals surface area contributed by atoms with Crippen molar-refractivity contribution in [2.24, 2.45) is 5.92 Å². The smallest absolute Gasteiger partial charge is 0.273 e. The third kappa shape index (κ3) is 5.55. The predicted molar refractivity (Wildman–Crippen MR) is 144 cm³/mol. The highest BCUT2D eigenvalue weighted by molar-refractivity contribution is 5.91. The van der Waals surface area contributed by atoms with Gasteiger partial charge in [-0.2, -0.15) is 0 Å². The molecule has 1 N–H and O–H groups in total. The van der Waals surface area contributed by atoms with E-state index < -0.39 is 0 Å². The first-order valence-corrected chi connectivity index (χ1v) is 13.3. The predicted octanol–water partition coefficient (Wildman–Crippen LogP) is 4.77. The molecule has 8 nitrogen and oxygen atoms in total. The number of aryl methyl sites for hydroxylation is 1. The van der Waals surface area contributed by atoms with E-state index in [2.05, 4.69) is 46.5 Å². The summed E-state index contributed by atoms with van der Waals surface area (Å²) >= 11 is 0. The second-order valence-corrected chi connectivity index (χ2v) is 10.2. The van der Waals surface area contributed by atoms with Gasteiger partial charge in [0.25, 0.3) is 5.91 Å². The topological polar surface area (TPSA) is 97.6 Å². The molecule has 1 atom stereocenters. The van der Waals surface area contributed by atoms with Crippen LogP contribution in [-0.2, 0) is 24.4 Å². The van der Waals surface area contributed by atoms with Crippen molar-refractivity contribution in [2.75, 3.05) is 6.54 Å². The highest BCUT2D eigenvalue weighted by Crippen LogP contribution is 2.41. The average Bonchev–Trinajstić information content (AvgIpc) is 3.71. The first-order chi connectivity index (χ1) is 19.0. The zero-order valence-corrected chi connectivity index (χ0v) is 21.8. The molecule has 198 valence electrons. The zero-order chi connectivity index (χ0) is 26.8. The average molecular weight is 523 g/mol. The number of nitrogens with zero attached hydrogens (tertiary/aromatic N) is 3. The van der Waals surface area contributed by atoms with Gasteiger partial charge in [0.15, 0.2) is 12.3 Å². The maximum atomic E-state index is 13.3. The number of carbonyl (C=O) groups excluding carboxylic acids is 2. The number of rotatable bonds is 8. The molecule has 0 bridgehead atoms. The highest BCUT2D eigenvalue weighted by Gasteiger charge is 2.39. The maximum absolute atomic E-state index is 13.3. The van der Waals surface area contributed by atoms with Gasteiger partial charge in [-0.05, 0) is 66.6 Å². The van der Waals surface area contributed by atoms with Gasteiger partial charge in [0, 0.05) is 31.4 Å². The first-order valence-electron chi connectivity index (χ1n) is 13.3. The lowest BCUT2D eigenvalue weighted by Crippen LogP contribution is -2.41. The number of aromatic nitrogens is 2. The fourth-order valence-electron chi connectivity index (χ4n) is 5.09. The molecule has 1 aliphatic carbocycles. The Balaban J connectivity index is 1.17. The summed E-state index contributed by atoms with van der Waals surface area (Å²) in [6.45, 7) is 3.21. The molecule has 4 aromatic rings. The van der Waals surface area contributed by atoms with Gasteiger partial charge in [-0.1, -0.05) is 42.0 Å². The largest absolute Gasteiger partial charge is 0.484 e. The minimum absolute atomic E-state index is 0.0779. The quantitative estimate of drug-likeness (QED) is 0.358. The van der Waals surface area contributed by atoms with Crippen LogP contribution in [0.5, 0.6) is 5.75 Å². The van der Waals surface area contributed by atoms with Gasteiger partial charge in [0.05, 0.1) is 6.04 Å². The van der Waals surface area contributed by atoms with Crippen LogP contribution in [0.3, 0.4) is 0 Å². The third-order valence-corrected chi connectivity index (χ3v) is 7.24. The molecule has 2 amide bonds. The van der Waals surface area contributed by atoms with Crippen molar-refractivity contribution in [1.82, 2.24) is 20.2 Å². The van der Waals surface area contributed by atoms with Crippen LogP contribution < -0.4 is 10.1 Å². The summed E-state index contributed by atoms with van der Waals surface area (Å²) in [5.74, 6) is 1.03. The molecule has 1 fully saturated rings. The Morgan fingerprint density at radius 2 is 2.03 bits per heavy atom. The summed E-state index contributed by atoms with van der Waals surface area (Å²) < 4.78 is 11.5. The summed E-state index contributed by atoms with van der Waals surface area (Å²) in [5, 5.41) is 2.81. The molecule has 0 radical (unpaired) electrons. The van der Waals surface area contributed by atoms with E-state index in [9.17, 15) is 9.59 Å². The van der Waals surface area contributed by atoms with Crippen molar-refractivity contribution < 1.29 is 18.7 Å². The molecule has 1 aliphatic heterocycles. The number of hydrogen-bond acceptors (Lipinski definition) is 6. The van der Waals surface area contributed by atoms with Crippen molar-refractivity contribution in [3.8, 4) is 5.75 Å². The Labute approximate surface area is 227 Å². The van der Waals surface area contributed by atoms with Crippen LogP contribution in [0.15, 0.2) is 77.7 Å². The van der Waals surface area contributed by atoms with Gasteiger partial charge in [-0.15, -0.1) is 0 Å². The van der Waals surface area contributed by atoms with Crippen molar-refractivity contribution in [3.05, 3.63) is 113 Å². The number of oxazole rings is 1. The molecule has 8 heteroatoms. The number of carbonyl (C=O) groups is 2. The molecule has 6 rings (SSSR count). The SMILES string of the molecule is Cc1cccc(C2c3cc(OCc4nc(C(=O)NCc5cccnc5)co4)ccc3CCN2C(=O)C2CC2)c1. The normalized spacial score (nSPS) is 16.4. The van der Waals surface area contributed by atoms with Crippen LogP contribution in [0, 0.1) is 12.8 Å². The number of ether oxygens (including phenoxy) is 1. The minimum atomic E-state index is -0.330. The Morgan fingerprint density at radius 1 is 1.13 bits per heavy atom. The number of pyridine rings is 1. The lowest BCUT2D eigenvalue weighted by atomic mass is 9.87. The Hall–Kier alpha value is -4.46. The molecular weight excluding hydrogens is 492 g/mol. The summed E-state index contributed by atoms with van der Waals surface area (Å²) in [6, 6.07) is 18.0. The van der Waals surface area contributed by atoms with E-state index in [-0.39, 0.29) is 36.1 Å². The molecule has 0 saturated heterocycles. The van der Waals surface area contributed by atoms with Gasteiger partial charge in [-0.3, -0.25) is 14.6 Å². The molecular formula is C31H30N4O4. The van der Waals surface area contributed by atoms with Crippen LogP contribution in [-0.4, -0.2) is 33.2 Å². The van der Waals surface area contributed by atoms with Gasteiger partial charge in [-0.25, -0.2) is 4.98 Å². The third-order valence-electron chi connectivity index (χ3n) is 7.24. The van der Waals surface area contributed by atoms with E-state index >= 15 is 0 Å². The van der Waals surface area contributed by atoms with Crippen LogP contribution in [0.25, 0.3) is 0 Å². The van der Waals surface area contributed by atoms with E-state index in [0.717, 1.165) is 41.5 Å². The maximum Gasteiger partial charge on any atom is 0.273 e. The first kappa shape index (κ1) is 24.9. The number of fused-ring (bicyclic) bond motifs is 1. The van der Waals surface area contributed by atoms with Crippen LogP contribution >= 0.6 is 0 Å². The lowest BCUT2D eigenvalue weighted by molar-refractivity contribution is -0.134. The van der Waals surface area contributed by atoms with Crippen molar-refractivity contribution in [2.45, 2.75) is 45.4 Å². The van der Waals surface area contributed by atoms with Crippen molar-refractivity contribution in [1.29, 1.82) is 0 Å². The van der Waals surface area contributed by atoms with Gasteiger partial charge in [0.1, 0.15) is 12.0 Å². The minimum Gasteiger partial charge on any atom is -0.484 e. The molecule has 39 heavy (non-hydrogen) atoms. The number of benzene rings is 2. The van der Waals surface area contributed by atoms with E-state index in [0.29, 0.717) is 24.7 Å². The number of hydrogen-bond donors (Lipinski definition) is 1. The molecule has 2 aromatic carbocycles. The fourth-order valence-corrected chi connectivity index (χ4v) is 5.09. The summed E-state index contributed by atoms with van der Waals surface area (Å²) in [4.78, 5) is 36.1. The molecule has 2 aromatic heterocycles. The van der Waals surface area contributed by atoms with Crippen LogP contribution in [0.4, 0.5) is 0 Å². The Kier molecular flexibility index (Phi) is 6.84. The Bertz CT molecular complexity index is 1500. The zero-order valence-electron chi connectivity index (χ0n) is 21.8. The van der Waals surface area contributed by atoms with Crippen molar-refractivity contribution >= 4 is 11.8 Å². The summed E-state index contributed by atoms with van der Waals surface area (Å²) in [5.41, 5.74) is 5.66. The van der Waals surface area contributed by atoms with Gasteiger partial charge in [0.2, 0.25) is 11.8 Å². The molecule has 0 spiro atoms. The number of nitrogens with one attached hydrogen (secondary N) is 1. The summed E-state index contributed by atoms with van der Waals surface area (Å²) in [7, 11) is 0. The Morgan fingerprint density at radius 3 is 2.82 bits per heavy atom. The van der Waals surface area contributed by atoms with E-state index in [1.807, 2.05) is 35.2 Å². The molecule has 3 heterocycles. The van der Waals surface area contributed by atoms with E-state index in [1.165, 1.54) is 11.8 Å². The summed E-state index contributed by atoms with van der Waals surface area (Å²) in [6.07, 6.45) is 7.49. The van der Waals surface area contributed by atoms with Crippen molar-refractivity contribution in [3.63, 3.8) is 0 Å². The standard InChI is InChI=1S/C31H30N4O4/c1-20-4-2-6-24(14-20)29-26-15-25(10-9-22(26)11-13-35(29)31(37)23-7-8-23)38-19-28-34-27(18-39-28)30(36)33-17-21-5-3-12-32-16-21/h2-6,9-10,12,14-16,18,23,29H,7-8,11,13,17,19H2,1H3,(H,33,36). The molecule has 1 saturated carbocycles. The van der Waals surface area contributed by atoms with Gasteiger partial charge >= 0.3 is 0 Å². The van der Waals surface area contributed by atoms with Crippen LogP contribution in [0.1, 0.15) is 63.1 Å². The monoisotopic (exact) mass is 522 g/mol. The molecule has 1 unspecified atom stereocenters.